The van der Waals surface area contributed by atoms with Gasteiger partial charge in [-0.3, -0.25) is 0 Å². The summed E-state index contributed by atoms with van der Waals surface area (Å²) in [4.78, 5) is 8.06. The van der Waals surface area contributed by atoms with Crippen molar-refractivity contribution in [3.63, 3.8) is 0 Å². The largest absolute Gasteiger partial charge is 0.490 e. The third kappa shape index (κ3) is 6.10. The van der Waals surface area contributed by atoms with Gasteiger partial charge >= 0.3 is 12.1 Å². The van der Waals surface area contributed by atoms with Gasteiger partial charge in [0.15, 0.2) is 0 Å². The summed E-state index contributed by atoms with van der Waals surface area (Å²) in [7, 11) is -4.17. The normalized spacial score (nSPS) is 11.5. The Hall–Kier alpha value is -1.75. The van der Waals surface area contributed by atoms with Crippen LogP contribution in [0.3, 0.4) is 0 Å². The molecule has 0 aliphatic heterocycles. The first kappa shape index (κ1) is 17.2. The molecule has 0 amide bonds. The minimum Gasteiger partial charge on any atom is -0.475 e. The molecule has 0 aromatic heterocycles. The average molecular weight is 307 g/mol. The molecule has 0 bridgehead atoms. The van der Waals surface area contributed by atoms with Crippen molar-refractivity contribution in [2.75, 3.05) is 0 Å². The van der Waals surface area contributed by atoms with Gasteiger partial charge in [0, 0.05) is 0 Å². The van der Waals surface area contributed by atoms with E-state index in [1.807, 2.05) is 0 Å². The number of rotatable bonds is 1. The number of aliphatic carboxylic acids is 1. The van der Waals surface area contributed by atoms with Crippen molar-refractivity contribution in [1.82, 2.24) is 0 Å². The van der Waals surface area contributed by atoms with E-state index in [1.165, 1.54) is 0 Å². The van der Waals surface area contributed by atoms with E-state index in [4.69, 9.17) is 9.90 Å². The summed E-state index contributed by atoms with van der Waals surface area (Å²) in [5, 5.41) is 11.7. The van der Waals surface area contributed by atoms with Gasteiger partial charge in [-0.1, -0.05) is 0 Å². The smallest absolute Gasteiger partial charge is 0.475 e. The minimum absolute atomic E-state index is 0.532. The maximum absolute atomic E-state index is 12.6. The van der Waals surface area contributed by atoms with Gasteiger partial charge in [-0.25, -0.2) is 27.1 Å². The zero-order valence-electron chi connectivity index (χ0n) is 8.78. The fourth-order valence-electron chi connectivity index (χ4n) is 0.695. The summed E-state index contributed by atoms with van der Waals surface area (Å²) < 4.78 is 77.9. The van der Waals surface area contributed by atoms with Crippen LogP contribution in [0.2, 0.25) is 0 Å². The second-order valence-electron chi connectivity index (χ2n) is 2.92. The molecular weight excluding hydrogens is 301 g/mol. The lowest BCUT2D eigenvalue weighted by atomic mass is 10.3. The second-order valence-corrected chi connectivity index (χ2v) is 4.45. The molecule has 3 N–H and O–H groups in total. The van der Waals surface area contributed by atoms with E-state index in [1.54, 1.807) is 0 Å². The number of carboxylic acid groups (broad SMARTS) is 1. The van der Waals surface area contributed by atoms with Crippen molar-refractivity contribution in [3.8, 4) is 0 Å². The van der Waals surface area contributed by atoms with Gasteiger partial charge in [0.25, 0.3) is 0 Å². The number of primary sulfonamides is 1. The zero-order valence-corrected chi connectivity index (χ0v) is 9.60. The van der Waals surface area contributed by atoms with Crippen molar-refractivity contribution >= 4 is 16.0 Å². The predicted molar refractivity (Wildman–Crippen MR) is 51.4 cm³/mol. The van der Waals surface area contributed by atoms with E-state index in [-0.39, 0.29) is 0 Å². The Kier molecular flexibility index (Phi) is 5.38. The van der Waals surface area contributed by atoms with Crippen LogP contribution in [-0.4, -0.2) is 25.7 Å². The highest BCUT2D eigenvalue weighted by atomic mass is 32.2. The highest BCUT2D eigenvalue weighted by Gasteiger charge is 2.38. The summed E-state index contributed by atoms with van der Waals surface area (Å²) in [6, 6.07) is 2.05. The fourth-order valence-corrected chi connectivity index (χ4v) is 1.31. The highest BCUT2D eigenvalue weighted by Crippen LogP contribution is 2.13. The number of carboxylic acids is 1. The van der Waals surface area contributed by atoms with Crippen molar-refractivity contribution in [1.29, 1.82) is 0 Å². The molecule has 0 saturated heterocycles. The Morgan fingerprint density at radius 1 is 1.21 bits per heavy atom. The van der Waals surface area contributed by atoms with Gasteiger partial charge in [0.2, 0.25) is 10.0 Å². The number of carbonyl (C=O) groups is 1. The summed E-state index contributed by atoms with van der Waals surface area (Å²) >= 11 is 0. The molecule has 0 spiro atoms. The molecular formula is C8H6F5NO4S. The molecule has 1 rings (SSSR count). The third-order valence-electron chi connectivity index (χ3n) is 1.44. The summed E-state index contributed by atoms with van der Waals surface area (Å²) in [5.41, 5.74) is 0. The summed E-state index contributed by atoms with van der Waals surface area (Å²) in [5.74, 6) is -4.66. The van der Waals surface area contributed by atoms with Crippen molar-refractivity contribution < 1.29 is 40.3 Å². The molecule has 0 radical (unpaired) electrons. The van der Waals surface area contributed by atoms with Crippen LogP contribution in [0.5, 0.6) is 0 Å². The minimum atomic E-state index is -5.08. The Morgan fingerprint density at radius 2 is 1.63 bits per heavy atom. The third-order valence-corrected chi connectivity index (χ3v) is 2.37. The molecule has 0 aliphatic rings. The first-order chi connectivity index (χ1) is 8.35. The molecule has 5 nitrogen and oxygen atoms in total. The molecule has 0 aliphatic carbocycles. The fraction of sp³-hybridized carbons (Fsp3) is 0.125. The van der Waals surface area contributed by atoms with E-state index in [9.17, 15) is 30.4 Å². The van der Waals surface area contributed by atoms with Crippen LogP contribution < -0.4 is 5.14 Å². The van der Waals surface area contributed by atoms with Crippen LogP contribution in [0.15, 0.2) is 23.1 Å². The monoisotopic (exact) mass is 307 g/mol. The number of benzene rings is 1. The lowest BCUT2D eigenvalue weighted by Gasteiger charge is -1.98. The van der Waals surface area contributed by atoms with Crippen molar-refractivity contribution in [2.24, 2.45) is 5.14 Å². The number of alkyl halides is 3. The maximum Gasteiger partial charge on any atom is 0.490 e. The molecule has 0 heterocycles. The van der Waals surface area contributed by atoms with Gasteiger partial charge in [-0.2, -0.15) is 13.2 Å². The summed E-state index contributed by atoms with van der Waals surface area (Å²) in [6.45, 7) is 0. The van der Waals surface area contributed by atoms with Crippen molar-refractivity contribution in [3.05, 3.63) is 29.8 Å². The SMILES string of the molecule is NS(=O)(=O)c1cc(F)ccc1F.O=C(O)C(F)(F)F. The molecule has 0 atom stereocenters. The predicted octanol–water partition coefficient (Wildman–Crippen LogP) is 1.25. The zero-order chi connectivity index (χ0) is 15.4. The van der Waals surface area contributed by atoms with Crippen LogP contribution in [-0.2, 0) is 14.8 Å². The first-order valence-corrected chi connectivity index (χ1v) is 5.68. The highest BCUT2D eigenvalue weighted by molar-refractivity contribution is 7.89. The molecule has 11 heteroatoms. The topological polar surface area (TPSA) is 97.5 Å². The Balaban J connectivity index is 0.000000399. The molecule has 0 unspecified atom stereocenters. The number of hydrogen-bond acceptors (Lipinski definition) is 3. The van der Waals surface area contributed by atoms with Crippen LogP contribution in [0.4, 0.5) is 22.0 Å². The van der Waals surface area contributed by atoms with Gasteiger partial charge in [0.1, 0.15) is 16.5 Å². The molecule has 19 heavy (non-hydrogen) atoms. The Morgan fingerprint density at radius 3 is 1.89 bits per heavy atom. The van der Waals surface area contributed by atoms with Crippen LogP contribution in [0.1, 0.15) is 0 Å². The molecule has 1 aromatic carbocycles. The van der Waals surface area contributed by atoms with Gasteiger partial charge < -0.3 is 5.11 Å². The quantitative estimate of drug-likeness (QED) is 0.763. The number of nitrogens with two attached hydrogens (primary N) is 1. The van der Waals surface area contributed by atoms with Gasteiger partial charge in [-0.15, -0.1) is 0 Å². The molecule has 0 fully saturated rings. The Bertz CT molecular complexity index is 569. The molecule has 0 saturated carbocycles. The van der Waals surface area contributed by atoms with E-state index in [0.717, 1.165) is 6.07 Å². The van der Waals surface area contributed by atoms with Crippen LogP contribution in [0, 0.1) is 11.6 Å². The number of hydrogen-bond donors (Lipinski definition) is 2. The number of sulfonamides is 1. The number of halogens is 5. The van der Waals surface area contributed by atoms with Crippen LogP contribution >= 0.6 is 0 Å². The van der Waals surface area contributed by atoms with Gasteiger partial charge in [-0.05, 0) is 18.2 Å². The van der Waals surface area contributed by atoms with E-state index in [0.29, 0.717) is 12.1 Å². The molecule has 1 aromatic rings. The molecule has 108 valence electrons. The van der Waals surface area contributed by atoms with Gasteiger partial charge in [0.05, 0.1) is 0 Å². The van der Waals surface area contributed by atoms with Crippen molar-refractivity contribution in [2.45, 2.75) is 11.1 Å². The van der Waals surface area contributed by atoms with E-state index in [2.05, 4.69) is 5.14 Å². The Labute approximate surface area is 103 Å². The lowest BCUT2D eigenvalue weighted by Crippen LogP contribution is -2.21. The first-order valence-electron chi connectivity index (χ1n) is 4.13. The van der Waals surface area contributed by atoms with E-state index >= 15 is 0 Å². The average Bonchev–Trinajstić information content (AvgIpc) is 2.19. The maximum atomic E-state index is 12.6. The second kappa shape index (κ2) is 5.93. The standard InChI is InChI=1S/C6H5F2NO2S.C2HF3O2/c7-4-1-2-5(8)6(3-4)12(9,10)11;3-2(4,5)1(6)7/h1-3H,(H2,9,10,11);(H,6,7). The van der Waals surface area contributed by atoms with E-state index < -0.39 is 38.7 Å². The summed E-state index contributed by atoms with van der Waals surface area (Å²) in [6.07, 6.45) is -5.08. The van der Waals surface area contributed by atoms with Crippen LogP contribution in [0.25, 0.3) is 0 Å². The lowest BCUT2D eigenvalue weighted by molar-refractivity contribution is -0.192.